The molecule has 0 spiro atoms. The van der Waals surface area contributed by atoms with Crippen LogP contribution in [0.4, 0.5) is 5.69 Å². The summed E-state index contributed by atoms with van der Waals surface area (Å²) in [5.41, 5.74) is 5.73. The van der Waals surface area contributed by atoms with Gasteiger partial charge in [0.2, 0.25) is 0 Å². The van der Waals surface area contributed by atoms with Crippen LogP contribution >= 0.6 is 22.6 Å². The van der Waals surface area contributed by atoms with Crippen molar-refractivity contribution in [2.75, 3.05) is 5.32 Å². The Hall–Kier alpha value is -2.93. The first-order chi connectivity index (χ1) is 14.5. The van der Waals surface area contributed by atoms with Gasteiger partial charge in [-0.15, -0.1) is 0 Å². The smallest absolute Gasteiger partial charge is 0.262 e. The maximum absolute atomic E-state index is 12.6. The summed E-state index contributed by atoms with van der Waals surface area (Å²) < 4.78 is 1.17. The second-order valence-corrected chi connectivity index (χ2v) is 8.54. The molecule has 2 N–H and O–H groups in total. The lowest BCUT2D eigenvalue weighted by atomic mass is 9.97. The molecule has 0 saturated heterocycles. The van der Waals surface area contributed by atoms with Crippen LogP contribution in [0, 0.1) is 10.5 Å². The van der Waals surface area contributed by atoms with E-state index < -0.39 is 6.04 Å². The number of nitrogens with one attached hydrogen (secondary N) is 2. The molecule has 1 atom stereocenters. The number of anilines is 1. The molecule has 0 aliphatic carbocycles. The number of carbonyl (C=O) groups excluding carboxylic acids is 1. The lowest BCUT2D eigenvalue weighted by Gasteiger charge is -2.15. The molecule has 4 aromatic carbocycles. The highest BCUT2D eigenvalue weighted by Gasteiger charge is 2.13. The third-order valence-electron chi connectivity index (χ3n) is 5.14. The van der Waals surface area contributed by atoms with Crippen molar-refractivity contribution in [1.29, 1.82) is 0 Å². The third-order valence-corrected chi connectivity index (χ3v) is 5.81. The van der Waals surface area contributed by atoms with Gasteiger partial charge in [0.15, 0.2) is 0 Å². The zero-order chi connectivity index (χ0) is 21.1. The Balaban J connectivity index is 1.55. The largest absolute Gasteiger partial charge is 0.374 e. The fourth-order valence-corrected chi connectivity index (χ4v) is 4.18. The molecule has 0 saturated carbocycles. The molecule has 0 fully saturated rings. The SMILES string of the molecule is Cc1cc(I)ccc1NC(C)C(=O)N/N=C/c1c2ccccc2cc2ccccc12. The molecule has 5 heteroatoms. The quantitative estimate of drug-likeness (QED) is 0.154. The van der Waals surface area contributed by atoms with Crippen LogP contribution in [0.2, 0.25) is 0 Å². The number of aryl methyl sites for hydroxylation is 1. The molecule has 4 rings (SSSR count). The van der Waals surface area contributed by atoms with Gasteiger partial charge < -0.3 is 5.32 Å². The number of benzene rings is 4. The molecule has 0 radical (unpaired) electrons. The summed E-state index contributed by atoms with van der Waals surface area (Å²) in [5.74, 6) is -0.186. The number of fused-ring (bicyclic) bond motifs is 2. The summed E-state index contributed by atoms with van der Waals surface area (Å²) in [6, 6.07) is 24.3. The molecule has 0 bridgehead atoms. The zero-order valence-corrected chi connectivity index (χ0v) is 19.0. The summed E-state index contributed by atoms with van der Waals surface area (Å²) >= 11 is 2.28. The van der Waals surface area contributed by atoms with Crippen LogP contribution < -0.4 is 10.7 Å². The Morgan fingerprint density at radius 2 is 1.60 bits per heavy atom. The van der Waals surface area contributed by atoms with Gasteiger partial charge in [0.1, 0.15) is 6.04 Å². The van der Waals surface area contributed by atoms with Crippen molar-refractivity contribution in [2.24, 2.45) is 5.10 Å². The molecule has 150 valence electrons. The van der Waals surface area contributed by atoms with Gasteiger partial charge >= 0.3 is 0 Å². The van der Waals surface area contributed by atoms with Gasteiger partial charge in [-0.2, -0.15) is 5.10 Å². The van der Waals surface area contributed by atoms with Crippen molar-refractivity contribution in [1.82, 2.24) is 5.43 Å². The van der Waals surface area contributed by atoms with Gasteiger partial charge in [0.25, 0.3) is 5.91 Å². The van der Waals surface area contributed by atoms with Crippen molar-refractivity contribution in [3.05, 3.63) is 87.5 Å². The summed E-state index contributed by atoms with van der Waals surface area (Å²) in [5, 5.41) is 12.0. The van der Waals surface area contributed by atoms with Crippen LogP contribution in [0.5, 0.6) is 0 Å². The predicted octanol–water partition coefficient (Wildman–Crippen LogP) is 5.86. The minimum atomic E-state index is -0.412. The number of carbonyl (C=O) groups is 1. The molecule has 1 unspecified atom stereocenters. The first kappa shape index (κ1) is 20.3. The Morgan fingerprint density at radius 1 is 0.967 bits per heavy atom. The molecule has 1 amide bonds. The molecule has 4 aromatic rings. The number of rotatable bonds is 5. The second kappa shape index (κ2) is 8.83. The van der Waals surface area contributed by atoms with E-state index >= 15 is 0 Å². The van der Waals surface area contributed by atoms with E-state index in [9.17, 15) is 4.79 Å². The maximum atomic E-state index is 12.6. The number of nitrogens with zero attached hydrogens (tertiary/aromatic N) is 1. The summed E-state index contributed by atoms with van der Waals surface area (Å²) in [6.45, 7) is 3.86. The lowest BCUT2D eigenvalue weighted by molar-refractivity contribution is -0.121. The number of hydrazone groups is 1. The number of amides is 1. The van der Waals surface area contributed by atoms with Crippen LogP contribution in [0.3, 0.4) is 0 Å². The van der Waals surface area contributed by atoms with Crippen LogP contribution in [0.25, 0.3) is 21.5 Å². The molecule has 0 aliphatic heterocycles. The number of halogens is 1. The van der Waals surface area contributed by atoms with Gasteiger partial charge in [-0.25, -0.2) is 5.43 Å². The Morgan fingerprint density at radius 3 is 2.23 bits per heavy atom. The van der Waals surface area contributed by atoms with Gasteiger partial charge in [-0.3, -0.25) is 4.79 Å². The van der Waals surface area contributed by atoms with Crippen molar-refractivity contribution >= 4 is 61.9 Å². The molecular formula is C25H22IN3O. The molecule has 0 aliphatic rings. The summed E-state index contributed by atoms with van der Waals surface area (Å²) in [4.78, 5) is 12.6. The summed E-state index contributed by atoms with van der Waals surface area (Å²) in [7, 11) is 0. The fourth-order valence-electron chi connectivity index (χ4n) is 3.53. The molecule has 4 nitrogen and oxygen atoms in total. The second-order valence-electron chi connectivity index (χ2n) is 7.29. The molecule has 0 heterocycles. The first-order valence-electron chi connectivity index (χ1n) is 9.79. The van der Waals surface area contributed by atoms with Crippen molar-refractivity contribution in [2.45, 2.75) is 19.9 Å². The predicted molar refractivity (Wildman–Crippen MR) is 134 cm³/mol. The van der Waals surface area contributed by atoms with Crippen molar-refractivity contribution < 1.29 is 4.79 Å². The third kappa shape index (κ3) is 4.31. The van der Waals surface area contributed by atoms with E-state index in [-0.39, 0.29) is 5.91 Å². The molecule has 30 heavy (non-hydrogen) atoms. The topological polar surface area (TPSA) is 53.5 Å². The normalized spacial score (nSPS) is 12.4. The van der Waals surface area contributed by atoms with Crippen LogP contribution in [-0.4, -0.2) is 18.2 Å². The summed E-state index contributed by atoms with van der Waals surface area (Å²) in [6.07, 6.45) is 1.74. The number of hydrogen-bond acceptors (Lipinski definition) is 3. The maximum Gasteiger partial charge on any atom is 0.262 e. The van der Waals surface area contributed by atoms with Crippen LogP contribution in [-0.2, 0) is 4.79 Å². The van der Waals surface area contributed by atoms with Gasteiger partial charge in [0, 0.05) is 14.8 Å². The minimum Gasteiger partial charge on any atom is -0.374 e. The van der Waals surface area contributed by atoms with Crippen LogP contribution in [0.15, 0.2) is 77.9 Å². The highest BCUT2D eigenvalue weighted by atomic mass is 127. The Labute approximate surface area is 189 Å². The van der Waals surface area contributed by atoms with E-state index in [0.29, 0.717) is 0 Å². The average molecular weight is 507 g/mol. The van der Waals surface area contributed by atoms with Crippen molar-refractivity contribution in [3.63, 3.8) is 0 Å². The van der Waals surface area contributed by atoms with E-state index in [2.05, 4.69) is 74.8 Å². The van der Waals surface area contributed by atoms with E-state index in [1.807, 2.05) is 50.2 Å². The highest BCUT2D eigenvalue weighted by Crippen LogP contribution is 2.27. The first-order valence-corrected chi connectivity index (χ1v) is 10.9. The van der Waals surface area contributed by atoms with Crippen molar-refractivity contribution in [3.8, 4) is 0 Å². The molecular weight excluding hydrogens is 485 g/mol. The van der Waals surface area contributed by atoms with Gasteiger partial charge in [-0.1, -0.05) is 48.5 Å². The lowest BCUT2D eigenvalue weighted by Crippen LogP contribution is -2.35. The van der Waals surface area contributed by atoms with Gasteiger partial charge in [-0.05, 0) is 87.8 Å². The van der Waals surface area contributed by atoms with Crippen LogP contribution in [0.1, 0.15) is 18.1 Å². The van der Waals surface area contributed by atoms with E-state index in [4.69, 9.17) is 0 Å². The van der Waals surface area contributed by atoms with E-state index in [0.717, 1.165) is 38.4 Å². The van der Waals surface area contributed by atoms with E-state index in [1.54, 1.807) is 6.21 Å². The van der Waals surface area contributed by atoms with Gasteiger partial charge in [0.05, 0.1) is 6.21 Å². The number of hydrogen-bond donors (Lipinski definition) is 2. The molecule has 0 aromatic heterocycles. The fraction of sp³-hybridized carbons (Fsp3) is 0.120. The zero-order valence-electron chi connectivity index (χ0n) is 16.8. The van der Waals surface area contributed by atoms with E-state index in [1.165, 1.54) is 3.57 Å². The average Bonchev–Trinajstić information content (AvgIpc) is 2.75. The monoisotopic (exact) mass is 507 g/mol. The Kier molecular flexibility index (Phi) is 5.99. The highest BCUT2D eigenvalue weighted by molar-refractivity contribution is 14.1. The Bertz CT molecular complexity index is 1210. The minimum absolute atomic E-state index is 0.186. The standard InChI is InChI=1S/C25H22IN3O/c1-16-13-20(26)11-12-24(16)28-17(2)25(30)29-27-15-23-21-9-5-3-7-18(21)14-19-8-4-6-10-22(19)23/h3-15,17,28H,1-2H3,(H,29,30)/b27-15+.